The number of anilines is 1. The van der Waals surface area contributed by atoms with Crippen LogP contribution < -0.4 is 4.90 Å². The molecule has 2 aromatic heterocycles. The first-order valence-electron chi connectivity index (χ1n) is 8.41. The molecule has 0 aliphatic carbocycles. The topological polar surface area (TPSA) is 86.6 Å². The van der Waals surface area contributed by atoms with Crippen molar-refractivity contribution in [2.75, 3.05) is 11.4 Å². The van der Waals surface area contributed by atoms with E-state index in [1.165, 1.54) is 11.2 Å². The minimum Gasteiger partial charge on any atom is -0.475 e. The maximum Gasteiger partial charge on any atom is 0.490 e. The summed E-state index contributed by atoms with van der Waals surface area (Å²) >= 11 is 1.78. The molecule has 150 valence electrons. The Balaban J connectivity index is 0.000000279. The van der Waals surface area contributed by atoms with Crippen molar-refractivity contribution in [2.45, 2.75) is 37.6 Å². The Labute approximate surface area is 162 Å². The summed E-state index contributed by atoms with van der Waals surface area (Å²) in [5.41, 5.74) is 0.827. The Hall–Kier alpha value is -2.53. The van der Waals surface area contributed by atoms with Gasteiger partial charge in [-0.1, -0.05) is 6.07 Å². The fraction of sp³-hybridized carbons (Fsp3) is 0.412. The summed E-state index contributed by atoms with van der Waals surface area (Å²) in [6.07, 6.45) is 1.51. The number of amides is 1. The van der Waals surface area contributed by atoms with Crippen molar-refractivity contribution in [1.82, 2.24) is 14.9 Å². The van der Waals surface area contributed by atoms with Crippen molar-refractivity contribution in [2.24, 2.45) is 0 Å². The van der Waals surface area contributed by atoms with Gasteiger partial charge in [0.25, 0.3) is 0 Å². The maximum atomic E-state index is 12.4. The zero-order chi connectivity index (χ0) is 20.3. The summed E-state index contributed by atoms with van der Waals surface area (Å²) in [5, 5.41) is 9.23. The molecule has 4 rings (SSSR count). The second-order valence-corrected chi connectivity index (χ2v) is 7.37. The molecule has 2 unspecified atom stereocenters. The van der Waals surface area contributed by atoms with Crippen molar-refractivity contribution in [1.29, 1.82) is 0 Å². The third kappa shape index (κ3) is 4.47. The fourth-order valence-electron chi connectivity index (χ4n) is 3.48. The second-order valence-electron chi connectivity index (χ2n) is 6.34. The number of carboxylic acids is 1. The number of hydrogen-bond acceptors (Lipinski definition) is 6. The predicted octanol–water partition coefficient (Wildman–Crippen LogP) is 2.55. The molecule has 2 aromatic rings. The van der Waals surface area contributed by atoms with Crippen LogP contribution in [0.25, 0.3) is 0 Å². The van der Waals surface area contributed by atoms with Gasteiger partial charge >= 0.3 is 12.1 Å². The molecule has 2 fully saturated rings. The molecule has 0 bridgehead atoms. The molecule has 2 atom stereocenters. The molecule has 0 spiro atoms. The van der Waals surface area contributed by atoms with Gasteiger partial charge in [-0.25, -0.2) is 14.8 Å². The van der Waals surface area contributed by atoms with Gasteiger partial charge in [0.1, 0.15) is 6.33 Å². The van der Waals surface area contributed by atoms with Crippen molar-refractivity contribution < 1.29 is 27.9 Å². The largest absolute Gasteiger partial charge is 0.490 e. The lowest BCUT2D eigenvalue weighted by Gasteiger charge is -2.24. The van der Waals surface area contributed by atoms with Crippen LogP contribution in [-0.2, 0) is 16.1 Å². The smallest absolute Gasteiger partial charge is 0.475 e. The summed E-state index contributed by atoms with van der Waals surface area (Å²) in [6, 6.07) is 4.83. The van der Waals surface area contributed by atoms with Gasteiger partial charge in [-0.15, -0.1) is 11.3 Å². The quantitative estimate of drug-likeness (QED) is 0.831. The number of fused-ring (bicyclic) bond motifs is 1. The molecule has 0 saturated carbocycles. The molecule has 2 saturated heterocycles. The van der Waals surface area contributed by atoms with Crippen LogP contribution in [0.1, 0.15) is 17.7 Å². The molecule has 0 aromatic carbocycles. The van der Waals surface area contributed by atoms with E-state index >= 15 is 0 Å². The van der Waals surface area contributed by atoms with Gasteiger partial charge in [0.15, 0.2) is 0 Å². The van der Waals surface area contributed by atoms with E-state index in [1.807, 2.05) is 4.90 Å². The number of aromatic nitrogens is 2. The summed E-state index contributed by atoms with van der Waals surface area (Å²) in [5.74, 6) is -2.57. The highest BCUT2D eigenvalue weighted by atomic mass is 32.1. The average Bonchev–Trinajstić information content (AvgIpc) is 3.34. The Morgan fingerprint density at radius 2 is 1.96 bits per heavy atom. The van der Waals surface area contributed by atoms with E-state index in [4.69, 9.17) is 9.90 Å². The van der Waals surface area contributed by atoms with E-state index in [9.17, 15) is 18.0 Å². The maximum absolute atomic E-state index is 12.4. The van der Waals surface area contributed by atoms with E-state index in [-0.39, 0.29) is 11.9 Å². The summed E-state index contributed by atoms with van der Waals surface area (Å²) in [6.45, 7) is 2.00. The lowest BCUT2D eigenvalue weighted by atomic mass is 10.1. The van der Waals surface area contributed by atoms with Crippen LogP contribution in [0.4, 0.5) is 18.9 Å². The van der Waals surface area contributed by atoms with E-state index in [2.05, 4.69) is 32.4 Å². The number of carbonyl (C=O) groups excluding carboxylic acids is 1. The minimum absolute atomic E-state index is 0.190. The number of aliphatic carboxylic acids is 1. The molecule has 0 radical (unpaired) electrons. The molecule has 7 nitrogen and oxygen atoms in total. The van der Waals surface area contributed by atoms with Crippen molar-refractivity contribution in [3.8, 4) is 0 Å². The van der Waals surface area contributed by atoms with Gasteiger partial charge in [0, 0.05) is 30.4 Å². The highest BCUT2D eigenvalue weighted by Crippen LogP contribution is 2.36. The lowest BCUT2D eigenvalue weighted by molar-refractivity contribution is -0.192. The van der Waals surface area contributed by atoms with Crippen LogP contribution in [0.2, 0.25) is 0 Å². The number of hydrogen-bond donors (Lipinski definition) is 1. The molecule has 4 heterocycles. The molecule has 1 N–H and O–H groups in total. The second kappa shape index (κ2) is 8.23. The van der Waals surface area contributed by atoms with Crippen molar-refractivity contribution in [3.05, 3.63) is 41.1 Å². The molecule has 28 heavy (non-hydrogen) atoms. The third-order valence-corrected chi connectivity index (χ3v) is 5.48. The highest BCUT2D eigenvalue weighted by Gasteiger charge is 2.47. The predicted molar refractivity (Wildman–Crippen MR) is 94.7 cm³/mol. The van der Waals surface area contributed by atoms with Gasteiger partial charge < -0.3 is 10.0 Å². The molecular formula is C17H17F3N4O3S. The Morgan fingerprint density at radius 3 is 2.54 bits per heavy atom. The molecule has 1 amide bonds. The first-order chi connectivity index (χ1) is 13.3. The normalized spacial score (nSPS) is 22.0. The number of alkyl halides is 3. The van der Waals surface area contributed by atoms with Crippen molar-refractivity contribution in [3.63, 3.8) is 0 Å². The number of nitrogens with zero attached hydrogens (tertiary/aromatic N) is 4. The SMILES string of the molecule is O=C(O)C(F)(F)F.O=C1CC2C(CCN2Cc2cccs2)N1c1cncnc1. The van der Waals surface area contributed by atoms with E-state index in [0.717, 1.165) is 25.2 Å². The van der Waals surface area contributed by atoms with Gasteiger partial charge in [-0.3, -0.25) is 9.69 Å². The summed E-state index contributed by atoms with van der Waals surface area (Å²) in [7, 11) is 0. The van der Waals surface area contributed by atoms with Crippen molar-refractivity contribution >= 4 is 28.9 Å². The number of carboxylic acid groups (broad SMARTS) is 1. The Kier molecular flexibility index (Phi) is 5.94. The number of rotatable bonds is 3. The summed E-state index contributed by atoms with van der Waals surface area (Å²) in [4.78, 5) is 35.1. The zero-order valence-electron chi connectivity index (χ0n) is 14.5. The summed E-state index contributed by atoms with van der Waals surface area (Å²) < 4.78 is 31.7. The van der Waals surface area contributed by atoms with Crippen LogP contribution in [-0.4, -0.2) is 56.7 Å². The molecule has 11 heteroatoms. The van der Waals surface area contributed by atoms with E-state index in [0.29, 0.717) is 12.5 Å². The molecular weight excluding hydrogens is 397 g/mol. The fourth-order valence-corrected chi connectivity index (χ4v) is 4.21. The van der Waals surface area contributed by atoms with Crippen LogP contribution in [0.3, 0.4) is 0 Å². The number of carbonyl (C=O) groups is 2. The lowest BCUT2D eigenvalue weighted by Crippen LogP contribution is -2.37. The Bertz CT molecular complexity index is 817. The molecule has 2 aliphatic rings. The van der Waals surface area contributed by atoms with Crippen LogP contribution >= 0.6 is 11.3 Å². The third-order valence-electron chi connectivity index (χ3n) is 4.62. The van der Waals surface area contributed by atoms with Gasteiger partial charge in [0.2, 0.25) is 5.91 Å². The zero-order valence-corrected chi connectivity index (χ0v) is 15.4. The van der Waals surface area contributed by atoms with Gasteiger partial charge in [-0.2, -0.15) is 13.2 Å². The minimum atomic E-state index is -5.08. The molecule has 2 aliphatic heterocycles. The number of halogens is 3. The highest BCUT2D eigenvalue weighted by molar-refractivity contribution is 7.09. The van der Waals surface area contributed by atoms with E-state index in [1.54, 1.807) is 23.7 Å². The Morgan fingerprint density at radius 1 is 1.29 bits per heavy atom. The van der Waals surface area contributed by atoms with Crippen LogP contribution in [0, 0.1) is 0 Å². The first kappa shape index (κ1) is 20.2. The number of thiophene rings is 1. The van der Waals surface area contributed by atoms with Gasteiger partial charge in [0.05, 0.1) is 24.1 Å². The van der Waals surface area contributed by atoms with Gasteiger partial charge in [-0.05, 0) is 17.9 Å². The van der Waals surface area contributed by atoms with Crippen LogP contribution in [0.5, 0.6) is 0 Å². The first-order valence-corrected chi connectivity index (χ1v) is 9.29. The standard InChI is InChI=1S/C15H16N4OS.C2HF3O2/c20-15-6-14-13(19(15)11-7-16-10-17-8-11)3-4-18(14)9-12-2-1-5-21-12;3-2(4,5)1(6)7/h1-2,5,7-8,10,13-14H,3-4,6,9H2;(H,6,7). The number of likely N-dealkylation sites (tertiary alicyclic amines) is 1. The average molecular weight is 414 g/mol. The monoisotopic (exact) mass is 414 g/mol. The van der Waals surface area contributed by atoms with Crippen LogP contribution in [0.15, 0.2) is 36.2 Å². The van der Waals surface area contributed by atoms with E-state index < -0.39 is 12.1 Å².